The highest BCUT2D eigenvalue weighted by Crippen LogP contribution is 2.35. The summed E-state index contributed by atoms with van der Waals surface area (Å²) in [5, 5.41) is 9.57. The third-order valence-electron chi connectivity index (χ3n) is 4.75. The SMILES string of the molecule is N#Cc1ccccc1C1=CC(c2ccccc2)=CN(c2cccnc2)C1C=O. The van der Waals surface area contributed by atoms with Crippen LogP contribution >= 0.6 is 0 Å². The van der Waals surface area contributed by atoms with Crippen molar-refractivity contribution in [3.63, 3.8) is 0 Å². The van der Waals surface area contributed by atoms with Crippen LogP contribution in [0.25, 0.3) is 11.1 Å². The van der Waals surface area contributed by atoms with Crippen LogP contribution in [0, 0.1) is 11.3 Å². The Kier molecular flexibility index (Phi) is 4.81. The highest BCUT2D eigenvalue weighted by molar-refractivity contribution is 5.99. The quantitative estimate of drug-likeness (QED) is 0.642. The van der Waals surface area contributed by atoms with E-state index in [0.717, 1.165) is 34.2 Å². The number of rotatable bonds is 4. The standard InChI is InChI=1S/C24H17N3O/c25-14-19-9-4-5-11-22(19)23-13-20(18-7-2-1-3-8-18)16-27(24(23)17-28)21-10-6-12-26-15-21/h1-13,15-17,24H. The van der Waals surface area contributed by atoms with E-state index >= 15 is 0 Å². The summed E-state index contributed by atoms with van der Waals surface area (Å²) in [6.45, 7) is 0. The Bertz CT molecular complexity index is 1100. The summed E-state index contributed by atoms with van der Waals surface area (Å²) in [7, 11) is 0. The lowest BCUT2D eigenvalue weighted by molar-refractivity contribution is -0.107. The minimum atomic E-state index is -0.550. The highest BCUT2D eigenvalue weighted by Gasteiger charge is 2.28. The first-order valence-electron chi connectivity index (χ1n) is 8.94. The third-order valence-corrected chi connectivity index (χ3v) is 4.75. The minimum absolute atomic E-state index is 0.543. The van der Waals surface area contributed by atoms with Crippen LogP contribution in [0.1, 0.15) is 16.7 Å². The molecule has 28 heavy (non-hydrogen) atoms. The number of hydrogen-bond donors (Lipinski definition) is 0. The first kappa shape index (κ1) is 17.4. The minimum Gasteiger partial charge on any atom is -0.332 e. The summed E-state index contributed by atoms with van der Waals surface area (Å²) in [4.78, 5) is 18.3. The lowest BCUT2D eigenvalue weighted by Gasteiger charge is -2.33. The highest BCUT2D eigenvalue weighted by atomic mass is 16.1. The van der Waals surface area contributed by atoms with Crippen molar-refractivity contribution < 1.29 is 4.79 Å². The summed E-state index contributed by atoms with van der Waals surface area (Å²) in [6, 6.07) is 22.8. The van der Waals surface area contributed by atoms with Crippen molar-refractivity contribution in [3.8, 4) is 6.07 Å². The Morgan fingerprint density at radius 1 is 1.00 bits per heavy atom. The van der Waals surface area contributed by atoms with E-state index < -0.39 is 6.04 Å². The van der Waals surface area contributed by atoms with Crippen molar-refractivity contribution >= 4 is 23.1 Å². The zero-order chi connectivity index (χ0) is 19.3. The number of anilines is 1. The van der Waals surface area contributed by atoms with Gasteiger partial charge in [0.25, 0.3) is 0 Å². The van der Waals surface area contributed by atoms with Crippen LogP contribution in [0.15, 0.2) is 91.4 Å². The van der Waals surface area contributed by atoms with Crippen LogP contribution in [0.5, 0.6) is 0 Å². The fraction of sp³-hybridized carbons (Fsp3) is 0.0417. The number of carbonyl (C=O) groups is 1. The van der Waals surface area contributed by atoms with Crippen LogP contribution in [0.4, 0.5) is 5.69 Å². The second kappa shape index (κ2) is 7.73. The maximum absolute atomic E-state index is 12.2. The van der Waals surface area contributed by atoms with E-state index in [9.17, 15) is 10.1 Å². The number of nitrogens with zero attached hydrogens (tertiary/aromatic N) is 3. The van der Waals surface area contributed by atoms with Gasteiger partial charge < -0.3 is 9.69 Å². The molecule has 1 aromatic heterocycles. The lowest BCUT2D eigenvalue weighted by atomic mass is 9.88. The van der Waals surface area contributed by atoms with E-state index in [1.807, 2.05) is 77.8 Å². The molecular formula is C24H17N3O. The molecule has 0 radical (unpaired) electrons. The maximum Gasteiger partial charge on any atom is 0.147 e. The number of carbonyl (C=O) groups excluding carboxylic acids is 1. The van der Waals surface area contributed by atoms with E-state index in [2.05, 4.69) is 11.1 Å². The van der Waals surface area contributed by atoms with Gasteiger partial charge in [0.2, 0.25) is 0 Å². The average molecular weight is 363 g/mol. The van der Waals surface area contributed by atoms with E-state index in [0.29, 0.717) is 5.56 Å². The monoisotopic (exact) mass is 363 g/mol. The first-order valence-corrected chi connectivity index (χ1v) is 8.94. The van der Waals surface area contributed by atoms with Crippen LogP contribution in [0.2, 0.25) is 0 Å². The predicted molar refractivity (Wildman–Crippen MR) is 110 cm³/mol. The molecule has 0 bridgehead atoms. The predicted octanol–water partition coefficient (Wildman–Crippen LogP) is 4.47. The normalized spacial score (nSPS) is 16.0. The summed E-state index contributed by atoms with van der Waals surface area (Å²) in [6.07, 6.45) is 8.30. The van der Waals surface area contributed by atoms with Crippen LogP contribution in [-0.4, -0.2) is 17.3 Å². The zero-order valence-electron chi connectivity index (χ0n) is 15.1. The van der Waals surface area contributed by atoms with E-state index in [4.69, 9.17) is 0 Å². The number of pyridine rings is 1. The van der Waals surface area contributed by atoms with Gasteiger partial charge in [-0.25, -0.2) is 0 Å². The first-order chi connectivity index (χ1) is 13.8. The number of nitriles is 1. The largest absolute Gasteiger partial charge is 0.332 e. The van der Waals surface area contributed by atoms with Crippen molar-refractivity contribution in [3.05, 3.63) is 108 Å². The third kappa shape index (κ3) is 3.22. The van der Waals surface area contributed by atoms with Gasteiger partial charge in [-0.3, -0.25) is 4.98 Å². The summed E-state index contributed by atoms with van der Waals surface area (Å²) in [5.41, 5.74) is 4.90. The van der Waals surface area contributed by atoms with E-state index in [-0.39, 0.29) is 0 Å². The van der Waals surface area contributed by atoms with Crippen molar-refractivity contribution in [2.24, 2.45) is 0 Å². The number of hydrogen-bond acceptors (Lipinski definition) is 4. The van der Waals surface area contributed by atoms with Gasteiger partial charge in [-0.2, -0.15) is 5.26 Å². The van der Waals surface area contributed by atoms with Crippen LogP contribution in [-0.2, 0) is 4.79 Å². The van der Waals surface area contributed by atoms with Crippen molar-refractivity contribution in [2.45, 2.75) is 6.04 Å². The molecule has 0 N–H and O–H groups in total. The Balaban J connectivity index is 1.93. The molecule has 1 unspecified atom stereocenters. The van der Waals surface area contributed by atoms with Crippen LogP contribution < -0.4 is 4.90 Å². The number of aromatic nitrogens is 1. The average Bonchev–Trinajstić information content (AvgIpc) is 2.79. The molecule has 0 saturated heterocycles. The molecule has 1 aliphatic heterocycles. The molecular weight excluding hydrogens is 346 g/mol. The molecule has 2 aromatic carbocycles. The summed E-state index contributed by atoms with van der Waals surface area (Å²) < 4.78 is 0. The second-order valence-electron chi connectivity index (χ2n) is 6.41. The van der Waals surface area contributed by atoms with Crippen molar-refractivity contribution in [1.29, 1.82) is 5.26 Å². The summed E-state index contributed by atoms with van der Waals surface area (Å²) >= 11 is 0. The topological polar surface area (TPSA) is 57.0 Å². The molecule has 3 aromatic rings. The maximum atomic E-state index is 12.2. The van der Waals surface area contributed by atoms with Gasteiger partial charge in [-0.15, -0.1) is 0 Å². The smallest absolute Gasteiger partial charge is 0.147 e. The number of benzene rings is 2. The van der Waals surface area contributed by atoms with Gasteiger partial charge in [0.15, 0.2) is 0 Å². The van der Waals surface area contributed by atoms with Gasteiger partial charge in [-0.05, 0) is 46.5 Å². The Morgan fingerprint density at radius 3 is 2.50 bits per heavy atom. The fourth-order valence-electron chi connectivity index (χ4n) is 3.41. The van der Waals surface area contributed by atoms with Gasteiger partial charge in [0, 0.05) is 12.4 Å². The molecule has 4 rings (SSSR count). The molecule has 134 valence electrons. The van der Waals surface area contributed by atoms with Gasteiger partial charge >= 0.3 is 0 Å². The molecule has 2 heterocycles. The number of allylic oxidation sites excluding steroid dienone is 2. The van der Waals surface area contributed by atoms with E-state index in [1.165, 1.54) is 0 Å². The number of aldehydes is 1. The molecule has 0 amide bonds. The van der Waals surface area contributed by atoms with E-state index in [1.54, 1.807) is 18.5 Å². The fourth-order valence-corrected chi connectivity index (χ4v) is 3.41. The lowest BCUT2D eigenvalue weighted by Crippen LogP contribution is -2.35. The Labute approximate surface area is 163 Å². The van der Waals surface area contributed by atoms with Gasteiger partial charge in [0.05, 0.1) is 23.5 Å². The Hall–Kier alpha value is -3.97. The summed E-state index contributed by atoms with van der Waals surface area (Å²) in [5.74, 6) is 0. The zero-order valence-corrected chi connectivity index (χ0v) is 15.1. The van der Waals surface area contributed by atoms with Crippen LogP contribution in [0.3, 0.4) is 0 Å². The van der Waals surface area contributed by atoms with Gasteiger partial charge in [0.1, 0.15) is 12.3 Å². The molecule has 0 saturated carbocycles. The van der Waals surface area contributed by atoms with Gasteiger partial charge in [-0.1, -0.05) is 48.5 Å². The molecule has 0 aliphatic carbocycles. The Morgan fingerprint density at radius 2 is 1.79 bits per heavy atom. The molecule has 1 aliphatic rings. The van der Waals surface area contributed by atoms with Crippen molar-refractivity contribution in [2.75, 3.05) is 4.90 Å². The molecule has 0 fully saturated rings. The van der Waals surface area contributed by atoms with Crippen molar-refractivity contribution in [1.82, 2.24) is 4.98 Å². The molecule has 4 heteroatoms. The molecule has 4 nitrogen and oxygen atoms in total. The molecule has 1 atom stereocenters. The molecule has 0 spiro atoms. The second-order valence-corrected chi connectivity index (χ2v) is 6.41.